The van der Waals surface area contributed by atoms with Crippen molar-refractivity contribution in [3.05, 3.63) is 46.5 Å². The van der Waals surface area contributed by atoms with Gasteiger partial charge in [-0.25, -0.2) is 5.01 Å². The van der Waals surface area contributed by atoms with Crippen LogP contribution in [0.4, 0.5) is 0 Å². The SMILES string of the molecule is CC(=O)N1N=C(c2ccco2)CC1c1ccsc1. The Balaban J connectivity index is 1.93. The summed E-state index contributed by atoms with van der Waals surface area (Å²) in [4.78, 5) is 11.7. The van der Waals surface area contributed by atoms with Crippen LogP contribution in [0.15, 0.2) is 44.7 Å². The molecule has 2 aromatic rings. The van der Waals surface area contributed by atoms with E-state index in [1.165, 1.54) is 6.92 Å². The number of carbonyl (C=O) groups excluding carboxylic acids is 1. The largest absolute Gasteiger partial charge is 0.463 e. The maximum atomic E-state index is 11.7. The van der Waals surface area contributed by atoms with Gasteiger partial charge in [-0.3, -0.25) is 4.79 Å². The zero-order valence-electron chi connectivity index (χ0n) is 9.87. The molecular weight excluding hydrogens is 248 g/mol. The van der Waals surface area contributed by atoms with E-state index in [2.05, 4.69) is 10.5 Å². The number of rotatable bonds is 2. The molecule has 0 radical (unpaired) electrons. The number of furan rings is 1. The molecule has 0 saturated heterocycles. The highest BCUT2D eigenvalue weighted by Crippen LogP contribution is 2.33. The number of amides is 1. The average molecular weight is 260 g/mol. The van der Waals surface area contributed by atoms with Crippen molar-refractivity contribution in [3.63, 3.8) is 0 Å². The van der Waals surface area contributed by atoms with Gasteiger partial charge in [0.25, 0.3) is 0 Å². The van der Waals surface area contributed by atoms with Gasteiger partial charge in [-0.15, -0.1) is 0 Å². The molecule has 3 rings (SSSR count). The molecule has 0 bridgehead atoms. The molecule has 0 aliphatic carbocycles. The molecule has 1 atom stereocenters. The first kappa shape index (κ1) is 11.2. The van der Waals surface area contributed by atoms with Crippen LogP contribution in [0.5, 0.6) is 0 Å². The number of hydrogen-bond donors (Lipinski definition) is 0. The molecule has 3 heterocycles. The van der Waals surface area contributed by atoms with Gasteiger partial charge in [0.1, 0.15) is 11.5 Å². The Morgan fingerprint density at radius 1 is 1.56 bits per heavy atom. The molecule has 1 aliphatic heterocycles. The molecule has 92 valence electrons. The van der Waals surface area contributed by atoms with Gasteiger partial charge in [0.05, 0.1) is 12.3 Å². The molecule has 1 amide bonds. The van der Waals surface area contributed by atoms with Crippen molar-refractivity contribution < 1.29 is 9.21 Å². The van der Waals surface area contributed by atoms with Gasteiger partial charge in [0, 0.05) is 13.3 Å². The predicted octanol–water partition coefficient (Wildman–Crippen LogP) is 3.04. The topological polar surface area (TPSA) is 45.8 Å². The van der Waals surface area contributed by atoms with Gasteiger partial charge in [-0.1, -0.05) is 0 Å². The smallest absolute Gasteiger partial charge is 0.240 e. The third-order valence-corrected chi connectivity index (χ3v) is 3.67. The van der Waals surface area contributed by atoms with Gasteiger partial charge in [0.2, 0.25) is 5.91 Å². The Kier molecular flexibility index (Phi) is 2.76. The van der Waals surface area contributed by atoms with Crippen molar-refractivity contribution in [2.45, 2.75) is 19.4 Å². The minimum absolute atomic E-state index is 0.00569. The normalized spacial score (nSPS) is 19.1. The third-order valence-electron chi connectivity index (χ3n) is 2.97. The molecule has 5 heteroatoms. The van der Waals surface area contributed by atoms with Crippen LogP contribution in [-0.2, 0) is 4.79 Å². The summed E-state index contributed by atoms with van der Waals surface area (Å²) in [6, 6.07) is 5.72. The minimum Gasteiger partial charge on any atom is -0.463 e. The number of thiophene rings is 1. The summed E-state index contributed by atoms with van der Waals surface area (Å²) in [6.45, 7) is 1.54. The number of carbonyl (C=O) groups is 1. The van der Waals surface area contributed by atoms with Crippen LogP contribution in [0.3, 0.4) is 0 Å². The molecule has 0 aromatic carbocycles. The van der Waals surface area contributed by atoms with Crippen LogP contribution in [0.2, 0.25) is 0 Å². The van der Waals surface area contributed by atoms with E-state index in [4.69, 9.17) is 4.42 Å². The molecule has 0 N–H and O–H groups in total. The summed E-state index contributed by atoms with van der Waals surface area (Å²) in [5.41, 5.74) is 1.95. The summed E-state index contributed by atoms with van der Waals surface area (Å²) in [7, 11) is 0. The van der Waals surface area contributed by atoms with Crippen molar-refractivity contribution in [2.24, 2.45) is 5.10 Å². The van der Waals surface area contributed by atoms with Crippen molar-refractivity contribution in [2.75, 3.05) is 0 Å². The predicted molar refractivity (Wildman–Crippen MR) is 69.4 cm³/mol. The van der Waals surface area contributed by atoms with E-state index in [9.17, 15) is 4.79 Å². The quantitative estimate of drug-likeness (QED) is 0.833. The van der Waals surface area contributed by atoms with E-state index in [-0.39, 0.29) is 11.9 Å². The molecule has 0 saturated carbocycles. The van der Waals surface area contributed by atoms with Gasteiger partial charge < -0.3 is 4.42 Å². The maximum Gasteiger partial charge on any atom is 0.240 e. The van der Waals surface area contributed by atoms with E-state index in [1.54, 1.807) is 22.6 Å². The summed E-state index contributed by atoms with van der Waals surface area (Å²) in [6.07, 6.45) is 2.32. The Bertz CT molecular complexity index is 572. The Morgan fingerprint density at radius 3 is 3.06 bits per heavy atom. The first-order chi connectivity index (χ1) is 8.75. The number of hydrogen-bond acceptors (Lipinski definition) is 4. The number of hydrazone groups is 1. The molecule has 18 heavy (non-hydrogen) atoms. The van der Waals surface area contributed by atoms with Crippen LogP contribution < -0.4 is 0 Å². The first-order valence-corrected chi connectivity index (χ1v) is 6.63. The first-order valence-electron chi connectivity index (χ1n) is 5.69. The fraction of sp³-hybridized carbons (Fsp3) is 0.231. The van der Waals surface area contributed by atoms with Crippen LogP contribution in [0.25, 0.3) is 0 Å². The van der Waals surface area contributed by atoms with E-state index < -0.39 is 0 Å². The van der Waals surface area contributed by atoms with E-state index in [0.717, 1.165) is 17.0 Å². The highest BCUT2D eigenvalue weighted by Gasteiger charge is 2.32. The van der Waals surface area contributed by atoms with Gasteiger partial charge in [-0.2, -0.15) is 16.4 Å². The maximum absolute atomic E-state index is 11.7. The van der Waals surface area contributed by atoms with Crippen molar-refractivity contribution in [3.8, 4) is 0 Å². The molecule has 0 spiro atoms. The summed E-state index contributed by atoms with van der Waals surface area (Å²) in [5.74, 6) is 0.687. The Morgan fingerprint density at radius 2 is 2.44 bits per heavy atom. The summed E-state index contributed by atoms with van der Waals surface area (Å²) < 4.78 is 5.35. The van der Waals surface area contributed by atoms with Gasteiger partial charge in [-0.05, 0) is 34.5 Å². The third kappa shape index (κ3) is 1.86. The van der Waals surface area contributed by atoms with Crippen LogP contribution in [0, 0.1) is 0 Å². The molecule has 1 unspecified atom stereocenters. The lowest BCUT2D eigenvalue weighted by Gasteiger charge is -2.18. The second-order valence-corrected chi connectivity index (χ2v) is 4.94. The van der Waals surface area contributed by atoms with Gasteiger partial charge >= 0.3 is 0 Å². The fourth-order valence-corrected chi connectivity index (χ4v) is 2.82. The summed E-state index contributed by atoms with van der Waals surface area (Å²) in [5, 5.41) is 9.99. The van der Waals surface area contributed by atoms with Crippen LogP contribution in [-0.4, -0.2) is 16.6 Å². The monoisotopic (exact) mass is 260 g/mol. The highest BCUT2D eigenvalue weighted by molar-refractivity contribution is 7.08. The Labute approximate surface area is 109 Å². The zero-order chi connectivity index (χ0) is 12.5. The second-order valence-electron chi connectivity index (χ2n) is 4.16. The van der Waals surface area contributed by atoms with E-state index >= 15 is 0 Å². The van der Waals surface area contributed by atoms with Crippen molar-refractivity contribution in [1.82, 2.24) is 5.01 Å². The standard InChI is InChI=1S/C13H12N2O2S/c1-9(16)15-12(10-4-6-18-8-10)7-11(14-15)13-3-2-5-17-13/h2-6,8,12H,7H2,1H3. The zero-order valence-corrected chi connectivity index (χ0v) is 10.7. The average Bonchev–Trinajstić information content (AvgIpc) is 3.10. The lowest BCUT2D eigenvalue weighted by Crippen LogP contribution is -2.23. The van der Waals surface area contributed by atoms with Crippen molar-refractivity contribution in [1.29, 1.82) is 0 Å². The lowest BCUT2D eigenvalue weighted by molar-refractivity contribution is -0.130. The highest BCUT2D eigenvalue weighted by atomic mass is 32.1. The molecular formula is C13H12N2O2S. The molecule has 4 nitrogen and oxygen atoms in total. The Hall–Kier alpha value is -1.88. The summed E-state index contributed by atoms with van der Waals surface area (Å²) >= 11 is 1.63. The van der Waals surface area contributed by atoms with Crippen LogP contribution in [0.1, 0.15) is 30.7 Å². The number of nitrogens with zero attached hydrogens (tertiary/aromatic N) is 2. The molecule has 0 fully saturated rings. The van der Waals surface area contributed by atoms with E-state index in [1.807, 2.05) is 23.6 Å². The second kappa shape index (κ2) is 4.42. The molecule has 2 aromatic heterocycles. The van der Waals surface area contributed by atoms with Crippen molar-refractivity contribution >= 4 is 23.0 Å². The van der Waals surface area contributed by atoms with E-state index in [0.29, 0.717) is 6.42 Å². The van der Waals surface area contributed by atoms with Crippen LogP contribution >= 0.6 is 11.3 Å². The fourth-order valence-electron chi connectivity index (χ4n) is 2.12. The lowest BCUT2D eigenvalue weighted by atomic mass is 10.0. The minimum atomic E-state index is -0.0484. The molecule has 1 aliphatic rings. The van der Waals surface area contributed by atoms with Gasteiger partial charge in [0.15, 0.2) is 0 Å².